The lowest BCUT2D eigenvalue weighted by molar-refractivity contribution is -0.137. The molecule has 9 heteroatoms. The Bertz CT molecular complexity index is 1380. The van der Waals surface area contributed by atoms with Gasteiger partial charge in [0.1, 0.15) is 17.3 Å². The third kappa shape index (κ3) is 3.82. The number of carbonyl (C=O) groups is 2. The first-order chi connectivity index (χ1) is 16.7. The molecule has 5 nitrogen and oxygen atoms in total. The van der Waals surface area contributed by atoms with Crippen LogP contribution >= 0.6 is 0 Å². The van der Waals surface area contributed by atoms with Crippen LogP contribution in [0.3, 0.4) is 0 Å². The summed E-state index contributed by atoms with van der Waals surface area (Å²) in [4.78, 5) is 27.1. The molecule has 1 amide bonds. The molecule has 0 saturated carbocycles. The first kappa shape index (κ1) is 22.6. The first-order valence-corrected chi connectivity index (χ1v) is 10.7. The Labute approximate surface area is 196 Å². The average molecular weight is 483 g/mol. The molecule has 2 aliphatic heterocycles. The highest BCUT2D eigenvalue weighted by molar-refractivity contribution is 6.51. The first-order valence-electron chi connectivity index (χ1n) is 10.7. The number of anilines is 1. The van der Waals surface area contributed by atoms with Crippen molar-refractivity contribution in [1.29, 1.82) is 0 Å². The molecule has 1 saturated heterocycles. The second-order valence-corrected chi connectivity index (χ2v) is 8.16. The average Bonchev–Trinajstić information content (AvgIpc) is 3.40. The Balaban J connectivity index is 1.68. The monoisotopic (exact) mass is 483 g/mol. The van der Waals surface area contributed by atoms with E-state index in [4.69, 9.17) is 4.74 Å². The van der Waals surface area contributed by atoms with Gasteiger partial charge in [-0.05, 0) is 54.1 Å². The number of alkyl halides is 3. The molecule has 178 valence electrons. The van der Waals surface area contributed by atoms with Crippen molar-refractivity contribution >= 4 is 23.1 Å². The molecule has 2 heterocycles. The molecule has 1 N–H and O–H groups in total. The molecular formula is C26H17F4NO4. The molecule has 1 fully saturated rings. The highest BCUT2D eigenvalue weighted by Crippen LogP contribution is 2.44. The lowest BCUT2D eigenvalue weighted by Gasteiger charge is -2.26. The summed E-state index contributed by atoms with van der Waals surface area (Å²) in [5.74, 6) is -2.79. The minimum atomic E-state index is -4.60. The Morgan fingerprint density at radius 1 is 1.00 bits per heavy atom. The maximum atomic E-state index is 14.9. The van der Waals surface area contributed by atoms with E-state index in [1.807, 2.05) is 0 Å². The summed E-state index contributed by atoms with van der Waals surface area (Å²) in [5, 5.41) is 11.1. The number of aliphatic hydroxyl groups is 1. The minimum Gasteiger partial charge on any atom is -0.507 e. The number of Topliss-reactive ketones (excluding diaryl/α,β-unsaturated/α-hetero) is 1. The van der Waals surface area contributed by atoms with Gasteiger partial charge in [0.2, 0.25) is 0 Å². The van der Waals surface area contributed by atoms with Gasteiger partial charge >= 0.3 is 6.18 Å². The van der Waals surface area contributed by atoms with Gasteiger partial charge in [0.25, 0.3) is 11.7 Å². The fourth-order valence-corrected chi connectivity index (χ4v) is 4.39. The van der Waals surface area contributed by atoms with Crippen LogP contribution in [0.15, 0.2) is 72.3 Å². The van der Waals surface area contributed by atoms with Crippen LogP contribution < -0.4 is 9.64 Å². The Morgan fingerprint density at radius 2 is 1.71 bits per heavy atom. The van der Waals surface area contributed by atoms with Crippen LogP contribution in [-0.4, -0.2) is 23.4 Å². The highest BCUT2D eigenvalue weighted by atomic mass is 19.4. The molecule has 2 aliphatic rings. The molecule has 0 aliphatic carbocycles. The second kappa shape index (κ2) is 8.26. The number of hydrogen-bond donors (Lipinski definition) is 1. The smallest absolute Gasteiger partial charge is 0.416 e. The van der Waals surface area contributed by atoms with E-state index in [0.29, 0.717) is 18.8 Å². The number of benzene rings is 3. The van der Waals surface area contributed by atoms with Crippen molar-refractivity contribution in [2.45, 2.75) is 18.6 Å². The number of rotatable bonds is 3. The number of hydrogen-bond acceptors (Lipinski definition) is 4. The Hall–Kier alpha value is -4.14. The summed E-state index contributed by atoms with van der Waals surface area (Å²) in [6, 6.07) is 12.4. The molecule has 0 aromatic heterocycles. The van der Waals surface area contributed by atoms with Crippen molar-refractivity contribution < 1.29 is 37.0 Å². The SMILES string of the molecule is O=C1C(=O)N(c2ccc(C(F)(F)F)cc2)C(c2ccccc2F)/C1=C(\O)c1ccc2c(c1)CCO2. The van der Waals surface area contributed by atoms with E-state index in [1.165, 1.54) is 24.3 Å². The number of amides is 1. The normalized spacial score (nSPS) is 19.1. The summed E-state index contributed by atoms with van der Waals surface area (Å²) in [7, 11) is 0. The molecule has 0 spiro atoms. The van der Waals surface area contributed by atoms with E-state index in [2.05, 4.69) is 0 Å². The van der Waals surface area contributed by atoms with Crippen LogP contribution in [0.5, 0.6) is 5.75 Å². The van der Waals surface area contributed by atoms with Gasteiger partial charge < -0.3 is 9.84 Å². The zero-order chi connectivity index (χ0) is 24.9. The molecule has 0 bridgehead atoms. The maximum absolute atomic E-state index is 14.9. The lowest BCUT2D eigenvalue weighted by Crippen LogP contribution is -2.30. The van der Waals surface area contributed by atoms with Crippen LogP contribution in [0, 0.1) is 5.82 Å². The molecule has 5 rings (SSSR count). The Morgan fingerprint density at radius 3 is 2.40 bits per heavy atom. The predicted molar refractivity (Wildman–Crippen MR) is 118 cm³/mol. The summed E-state index contributed by atoms with van der Waals surface area (Å²) in [6.45, 7) is 0.465. The van der Waals surface area contributed by atoms with Crippen molar-refractivity contribution in [3.05, 3.63) is 100 Å². The number of aliphatic hydroxyl groups excluding tert-OH is 1. The third-order valence-corrected chi connectivity index (χ3v) is 6.08. The van der Waals surface area contributed by atoms with E-state index in [0.717, 1.165) is 40.8 Å². The summed E-state index contributed by atoms with van der Waals surface area (Å²) in [5.41, 5.74) is -0.402. The molecule has 3 aromatic rings. The summed E-state index contributed by atoms with van der Waals surface area (Å²) >= 11 is 0. The van der Waals surface area contributed by atoms with E-state index in [-0.39, 0.29) is 22.4 Å². The van der Waals surface area contributed by atoms with Crippen LogP contribution in [0.25, 0.3) is 5.76 Å². The fourth-order valence-electron chi connectivity index (χ4n) is 4.39. The molecule has 35 heavy (non-hydrogen) atoms. The van der Waals surface area contributed by atoms with Crippen LogP contribution in [-0.2, 0) is 22.2 Å². The number of halogens is 4. The van der Waals surface area contributed by atoms with E-state index in [1.54, 1.807) is 12.1 Å². The summed E-state index contributed by atoms with van der Waals surface area (Å²) in [6.07, 6.45) is -4.01. The van der Waals surface area contributed by atoms with Gasteiger partial charge in [-0.1, -0.05) is 18.2 Å². The van der Waals surface area contributed by atoms with E-state index >= 15 is 0 Å². The van der Waals surface area contributed by atoms with Gasteiger partial charge in [-0.25, -0.2) is 4.39 Å². The fraction of sp³-hybridized carbons (Fsp3) is 0.154. The van der Waals surface area contributed by atoms with E-state index < -0.39 is 41.0 Å². The highest BCUT2D eigenvalue weighted by Gasteiger charge is 2.48. The topological polar surface area (TPSA) is 66.8 Å². The van der Waals surface area contributed by atoms with Crippen LogP contribution in [0.4, 0.5) is 23.2 Å². The van der Waals surface area contributed by atoms with Crippen molar-refractivity contribution in [3.63, 3.8) is 0 Å². The zero-order valence-corrected chi connectivity index (χ0v) is 18.0. The van der Waals surface area contributed by atoms with Gasteiger partial charge in [0, 0.05) is 23.2 Å². The predicted octanol–water partition coefficient (Wildman–Crippen LogP) is 5.41. The van der Waals surface area contributed by atoms with E-state index in [9.17, 15) is 32.3 Å². The van der Waals surface area contributed by atoms with Gasteiger partial charge in [0.05, 0.1) is 23.8 Å². The number of nitrogens with zero attached hydrogens (tertiary/aromatic N) is 1. The molecule has 1 unspecified atom stereocenters. The molecule has 3 aromatic carbocycles. The van der Waals surface area contributed by atoms with Crippen LogP contribution in [0.1, 0.15) is 28.3 Å². The Kier molecular flexibility index (Phi) is 5.35. The van der Waals surface area contributed by atoms with Crippen LogP contribution in [0.2, 0.25) is 0 Å². The lowest BCUT2D eigenvalue weighted by atomic mass is 9.94. The maximum Gasteiger partial charge on any atom is 0.416 e. The third-order valence-electron chi connectivity index (χ3n) is 6.08. The van der Waals surface area contributed by atoms with Gasteiger partial charge in [-0.3, -0.25) is 14.5 Å². The van der Waals surface area contributed by atoms with Crippen molar-refractivity contribution in [2.24, 2.45) is 0 Å². The molecular weight excluding hydrogens is 466 g/mol. The second-order valence-electron chi connectivity index (χ2n) is 8.16. The molecule has 0 radical (unpaired) electrons. The number of ketones is 1. The minimum absolute atomic E-state index is 0.0465. The van der Waals surface area contributed by atoms with Gasteiger partial charge in [0.15, 0.2) is 0 Å². The van der Waals surface area contributed by atoms with Crippen molar-refractivity contribution in [3.8, 4) is 5.75 Å². The summed E-state index contributed by atoms with van der Waals surface area (Å²) < 4.78 is 59.5. The van der Waals surface area contributed by atoms with Gasteiger partial charge in [-0.15, -0.1) is 0 Å². The number of ether oxygens (including phenoxy) is 1. The standard InChI is InChI=1S/C26H17F4NO4/c27-19-4-2-1-3-18(19)22-21(23(32)15-5-10-20-14(13-15)11-12-35-20)24(33)25(34)31(22)17-8-6-16(7-9-17)26(28,29)30/h1-10,13,22,32H,11-12H2/b23-21+. The van der Waals surface area contributed by atoms with Crippen molar-refractivity contribution in [1.82, 2.24) is 0 Å². The van der Waals surface area contributed by atoms with Gasteiger partial charge in [-0.2, -0.15) is 13.2 Å². The molecule has 1 atom stereocenters. The number of fused-ring (bicyclic) bond motifs is 1. The number of carbonyl (C=O) groups excluding carboxylic acids is 2. The largest absolute Gasteiger partial charge is 0.507 e. The quantitative estimate of drug-likeness (QED) is 0.234. The van der Waals surface area contributed by atoms with Crippen molar-refractivity contribution in [2.75, 3.05) is 11.5 Å². The zero-order valence-electron chi connectivity index (χ0n) is 18.0.